The number of rotatable bonds is 2. The highest BCUT2D eigenvalue weighted by Gasteiger charge is 2.44. The molecule has 1 aliphatic rings. The zero-order chi connectivity index (χ0) is 11.0. The minimum atomic E-state index is -0.0496. The van der Waals surface area contributed by atoms with Crippen molar-refractivity contribution in [3.05, 3.63) is 0 Å². The summed E-state index contributed by atoms with van der Waals surface area (Å²) < 4.78 is 6.26. The molecular weight excluding hydrogens is 174 g/mol. The summed E-state index contributed by atoms with van der Waals surface area (Å²) in [5.74, 6) is 0.548. The molecule has 1 N–H and O–H groups in total. The highest BCUT2D eigenvalue weighted by atomic mass is 16.5. The van der Waals surface area contributed by atoms with Crippen LogP contribution >= 0.6 is 0 Å². The second-order valence-corrected chi connectivity index (χ2v) is 5.51. The third-order valence-corrected chi connectivity index (χ3v) is 3.66. The first-order chi connectivity index (χ1) is 6.32. The molecule has 0 spiro atoms. The fourth-order valence-electron chi connectivity index (χ4n) is 2.24. The molecule has 14 heavy (non-hydrogen) atoms. The Bertz CT molecular complexity index is 200. The topological polar surface area (TPSA) is 21.3 Å². The Hall–Kier alpha value is -0.0800. The molecule has 0 aromatic carbocycles. The number of ether oxygens (including phenoxy) is 1. The van der Waals surface area contributed by atoms with Crippen LogP contribution in [0.15, 0.2) is 0 Å². The molecule has 1 saturated heterocycles. The standard InChI is InChI=1S/C12H25NO/c1-7-10-11(4,5)14-12(6,8-13-10)9(2)3/h9-10,13H,7-8H2,1-6H3. The predicted molar refractivity (Wildman–Crippen MR) is 60.5 cm³/mol. The van der Waals surface area contributed by atoms with Crippen LogP contribution in [0.1, 0.15) is 48.0 Å². The van der Waals surface area contributed by atoms with Crippen molar-refractivity contribution in [3.8, 4) is 0 Å². The van der Waals surface area contributed by atoms with E-state index in [-0.39, 0.29) is 11.2 Å². The van der Waals surface area contributed by atoms with Gasteiger partial charge in [0.25, 0.3) is 0 Å². The van der Waals surface area contributed by atoms with Gasteiger partial charge in [-0.2, -0.15) is 0 Å². The van der Waals surface area contributed by atoms with E-state index >= 15 is 0 Å². The molecule has 2 heteroatoms. The maximum Gasteiger partial charge on any atom is 0.0809 e. The lowest BCUT2D eigenvalue weighted by atomic mass is 9.85. The van der Waals surface area contributed by atoms with Gasteiger partial charge < -0.3 is 10.1 Å². The van der Waals surface area contributed by atoms with Crippen molar-refractivity contribution in [1.29, 1.82) is 0 Å². The van der Waals surface area contributed by atoms with Crippen molar-refractivity contribution in [3.63, 3.8) is 0 Å². The van der Waals surface area contributed by atoms with Crippen LogP contribution in [0.5, 0.6) is 0 Å². The molecular formula is C12H25NO. The van der Waals surface area contributed by atoms with Crippen molar-refractivity contribution < 1.29 is 4.74 Å². The second kappa shape index (κ2) is 3.82. The van der Waals surface area contributed by atoms with Crippen LogP contribution in [0.4, 0.5) is 0 Å². The van der Waals surface area contributed by atoms with E-state index in [9.17, 15) is 0 Å². The molecule has 2 unspecified atom stereocenters. The molecule has 0 radical (unpaired) electrons. The summed E-state index contributed by atoms with van der Waals surface area (Å²) in [4.78, 5) is 0. The molecule has 0 aliphatic carbocycles. The Morgan fingerprint density at radius 2 is 1.93 bits per heavy atom. The van der Waals surface area contributed by atoms with Crippen molar-refractivity contribution in [2.45, 2.75) is 65.2 Å². The van der Waals surface area contributed by atoms with Gasteiger partial charge in [0.15, 0.2) is 0 Å². The zero-order valence-electron chi connectivity index (χ0n) is 10.5. The van der Waals surface area contributed by atoms with Gasteiger partial charge >= 0.3 is 0 Å². The molecule has 1 rings (SSSR count). The maximum absolute atomic E-state index is 6.26. The first kappa shape index (κ1) is 12.0. The molecule has 84 valence electrons. The minimum absolute atomic E-state index is 0.0187. The van der Waals surface area contributed by atoms with Crippen LogP contribution in [0.3, 0.4) is 0 Å². The average molecular weight is 199 g/mol. The van der Waals surface area contributed by atoms with E-state index in [2.05, 4.69) is 46.9 Å². The normalized spacial score (nSPS) is 37.5. The largest absolute Gasteiger partial charge is 0.366 e. The van der Waals surface area contributed by atoms with Crippen LogP contribution in [-0.4, -0.2) is 23.8 Å². The van der Waals surface area contributed by atoms with Crippen molar-refractivity contribution >= 4 is 0 Å². The molecule has 0 amide bonds. The number of hydrogen-bond acceptors (Lipinski definition) is 2. The average Bonchev–Trinajstić information content (AvgIpc) is 2.02. The quantitative estimate of drug-likeness (QED) is 0.738. The summed E-state index contributed by atoms with van der Waals surface area (Å²) in [6, 6.07) is 0.481. The highest BCUT2D eigenvalue weighted by molar-refractivity contribution is 4.97. The Labute approximate surface area is 88.4 Å². The second-order valence-electron chi connectivity index (χ2n) is 5.51. The van der Waals surface area contributed by atoms with Crippen LogP contribution in [0.2, 0.25) is 0 Å². The lowest BCUT2D eigenvalue weighted by Gasteiger charge is -2.50. The van der Waals surface area contributed by atoms with Gasteiger partial charge in [-0.15, -0.1) is 0 Å². The molecule has 1 heterocycles. The number of hydrogen-bond donors (Lipinski definition) is 1. The van der Waals surface area contributed by atoms with Crippen LogP contribution < -0.4 is 5.32 Å². The third kappa shape index (κ3) is 2.12. The summed E-state index contributed by atoms with van der Waals surface area (Å²) in [6.07, 6.45) is 1.13. The van der Waals surface area contributed by atoms with E-state index in [0.29, 0.717) is 12.0 Å². The predicted octanol–water partition coefficient (Wildman–Crippen LogP) is 2.58. The smallest absolute Gasteiger partial charge is 0.0809 e. The fourth-order valence-corrected chi connectivity index (χ4v) is 2.24. The Morgan fingerprint density at radius 1 is 1.36 bits per heavy atom. The lowest BCUT2D eigenvalue weighted by Crippen LogP contribution is -2.64. The molecule has 0 bridgehead atoms. The fraction of sp³-hybridized carbons (Fsp3) is 1.00. The highest BCUT2D eigenvalue weighted by Crippen LogP contribution is 2.33. The van der Waals surface area contributed by atoms with E-state index < -0.39 is 0 Å². The van der Waals surface area contributed by atoms with Gasteiger partial charge in [0.05, 0.1) is 11.2 Å². The lowest BCUT2D eigenvalue weighted by molar-refractivity contribution is -0.192. The molecule has 1 fully saturated rings. The van der Waals surface area contributed by atoms with Gasteiger partial charge in [-0.25, -0.2) is 0 Å². The zero-order valence-corrected chi connectivity index (χ0v) is 10.5. The van der Waals surface area contributed by atoms with E-state index in [1.807, 2.05) is 0 Å². The number of morpholine rings is 1. The van der Waals surface area contributed by atoms with Gasteiger partial charge in [0.1, 0.15) is 0 Å². The summed E-state index contributed by atoms with van der Waals surface area (Å²) in [7, 11) is 0. The van der Waals surface area contributed by atoms with Crippen molar-refractivity contribution in [2.24, 2.45) is 5.92 Å². The Morgan fingerprint density at radius 3 is 2.29 bits per heavy atom. The summed E-state index contributed by atoms with van der Waals surface area (Å²) in [5, 5.41) is 3.61. The van der Waals surface area contributed by atoms with E-state index in [1.165, 1.54) is 0 Å². The molecule has 1 aliphatic heterocycles. The van der Waals surface area contributed by atoms with Crippen molar-refractivity contribution in [2.75, 3.05) is 6.54 Å². The monoisotopic (exact) mass is 199 g/mol. The summed E-state index contributed by atoms with van der Waals surface area (Å²) in [5.41, 5.74) is -0.0683. The summed E-state index contributed by atoms with van der Waals surface area (Å²) in [6.45, 7) is 14.2. The van der Waals surface area contributed by atoms with Crippen LogP contribution in [-0.2, 0) is 4.74 Å². The summed E-state index contributed by atoms with van der Waals surface area (Å²) >= 11 is 0. The van der Waals surface area contributed by atoms with Gasteiger partial charge in [0, 0.05) is 12.6 Å². The van der Waals surface area contributed by atoms with Gasteiger partial charge in [-0.3, -0.25) is 0 Å². The molecule has 2 atom stereocenters. The first-order valence-corrected chi connectivity index (χ1v) is 5.75. The number of nitrogens with one attached hydrogen (secondary N) is 1. The minimum Gasteiger partial charge on any atom is -0.366 e. The third-order valence-electron chi connectivity index (χ3n) is 3.66. The Balaban J connectivity index is 2.76. The van der Waals surface area contributed by atoms with E-state index in [4.69, 9.17) is 4.74 Å². The molecule has 0 aromatic heterocycles. The van der Waals surface area contributed by atoms with Gasteiger partial charge in [-0.1, -0.05) is 20.8 Å². The van der Waals surface area contributed by atoms with E-state index in [1.54, 1.807) is 0 Å². The molecule has 2 nitrogen and oxygen atoms in total. The van der Waals surface area contributed by atoms with Crippen LogP contribution in [0.25, 0.3) is 0 Å². The molecule has 0 aromatic rings. The molecule has 0 saturated carbocycles. The maximum atomic E-state index is 6.26. The SMILES string of the molecule is CCC1NCC(C)(C(C)C)OC1(C)C. The van der Waals surface area contributed by atoms with Crippen LogP contribution in [0, 0.1) is 5.92 Å². The van der Waals surface area contributed by atoms with Crippen molar-refractivity contribution in [1.82, 2.24) is 5.32 Å². The van der Waals surface area contributed by atoms with Gasteiger partial charge in [0.2, 0.25) is 0 Å². The van der Waals surface area contributed by atoms with Gasteiger partial charge in [-0.05, 0) is 33.1 Å². The first-order valence-electron chi connectivity index (χ1n) is 5.75. The van der Waals surface area contributed by atoms with E-state index in [0.717, 1.165) is 13.0 Å². The Kier molecular flexibility index (Phi) is 3.27.